The van der Waals surface area contributed by atoms with E-state index in [4.69, 9.17) is 0 Å². The highest BCUT2D eigenvalue weighted by Gasteiger charge is 2.32. The molecule has 1 aliphatic rings. The fraction of sp³-hybridized carbons (Fsp3) is 0.400. The Balaban J connectivity index is 1.72. The van der Waals surface area contributed by atoms with Crippen LogP contribution in [0.2, 0.25) is 0 Å². The third kappa shape index (κ3) is 3.74. The van der Waals surface area contributed by atoms with Crippen molar-refractivity contribution in [2.75, 3.05) is 20.2 Å². The van der Waals surface area contributed by atoms with Gasteiger partial charge < -0.3 is 10.1 Å². The van der Waals surface area contributed by atoms with Crippen molar-refractivity contribution in [3.8, 4) is 10.8 Å². The number of nitrogens with one attached hydrogen (secondary N) is 1. The molecule has 24 heavy (non-hydrogen) atoms. The minimum absolute atomic E-state index is 0.0289. The number of aromatic nitrogens is 3. The van der Waals surface area contributed by atoms with E-state index in [1.807, 2.05) is 10.3 Å². The predicted octanol–water partition coefficient (Wildman–Crippen LogP) is 0.464. The van der Waals surface area contributed by atoms with Crippen LogP contribution in [0.1, 0.15) is 12.1 Å². The molecule has 1 fully saturated rings. The number of carbonyl (C=O) groups excluding carboxylic acids is 2. The minimum atomic E-state index is -0.538. The molecule has 1 saturated heterocycles. The fourth-order valence-electron chi connectivity index (χ4n) is 2.51. The van der Waals surface area contributed by atoms with E-state index in [2.05, 4.69) is 25.0 Å². The third-order valence-electron chi connectivity index (χ3n) is 3.70. The van der Waals surface area contributed by atoms with Gasteiger partial charge in [-0.2, -0.15) is 0 Å². The van der Waals surface area contributed by atoms with Gasteiger partial charge in [0.1, 0.15) is 6.04 Å². The lowest BCUT2D eigenvalue weighted by Gasteiger charge is -2.33. The first-order chi connectivity index (χ1) is 11.7. The molecule has 3 heterocycles. The van der Waals surface area contributed by atoms with Crippen LogP contribution in [-0.2, 0) is 20.9 Å². The number of hydrogen-bond acceptors (Lipinski definition) is 8. The number of carbonyl (C=O) groups is 2. The van der Waals surface area contributed by atoms with Crippen LogP contribution in [0.25, 0.3) is 10.8 Å². The molecule has 0 radical (unpaired) electrons. The Morgan fingerprint density at radius 3 is 3.00 bits per heavy atom. The van der Waals surface area contributed by atoms with Gasteiger partial charge in [-0.3, -0.25) is 14.5 Å². The van der Waals surface area contributed by atoms with E-state index < -0.39 is 12.0 Å². The van der Waals surface area contributed by atoms with Crippen molar-refractivity contribution in [2.24, 2.45) is 0 Å². The summed E-state index contributed by atoms with van der Waals surface area (Å²) in [6.45, 7) is 1.69. The highest BCUT2D eigenvalue weighted by Crippen LogP contribution is 2.22. The second-order valence-corrected chi connectivity index (χ2v) is 6.13. The van der Waals surface area contributed by atoms with Crippen LogP contribution in [0.3, 0.4) is 0 Å². The van der Waals surface area contributed by atoms with E-state index in [0.717, 1.165) is 10.7 Å². The third-order valence-corrected chi connectivity index (χ3v) is 4.59. The molecule has 0 aliphatic carbocycles. The van der Waals surface area contributed by atoms with Crippen molar-refractivity contribution in [3.05, 3.63) is 29.5 Å². The van der Waals surface area contributed by atoms with Crippen molar-refractivity contribution in [3.63, 3.8) is 0 Å². The molecule has 0 aromatic carbocycles. The smallest absolute Gasteiger partial charge is 0.307 e. The molecule has 3 rings (SSSR count). The van der Waals surface area contributed by atoms with Gasteiger partial charge in [0.15, 0.2) is 10.8 Å². The van der Waals surface area contributed by atoms with Gasteiger partial charge in [-0.05, 0) is 6.07 Å². The molecule has 1 amide bonds. The van der Waals surface area contributed by atoms with Crippen LogP contribution in [-0.4, -0.2) is 58.0 Å². The Bertz CT molecular complexity index is 721. The maximum atomic E-state index is 12.1. The van der Waals surface area contributed by atoms with E-state index in [1.165, 1.54) is 18.4 Å². The molecule has 8 nitrogen and oxygen atoms in total. The summed E-state index contributed by atoms with van der Waals surface area (Å²) in [6.07, 6.45) is 3.37. The first-order valence-electron chi connectivity index (χ1n) is 7.47. The molecule has 0 bridgehead atoms. The minimum Gasteiger partial charge on any atom is -0.469 e. The Hall–Kier alpha value is -2.39. The number of amides is 1. The molecule has 2 aromatic heterocycles. The van der Waals surface area contributed by atoms with Crippen molar-refractivity contribution in [1.82, 2.24) is 25.2 Å². The summed E-state index contributed by atoms with van der Waals surface area (Å²) in [6, 6.07) is 1.21. The molecular weight excluding hydrogens is 330 g/mol. The topological polar surface area (TPSA) is 97.3 Å². The van der Waals surface area contributed by atoms with Crippen LogP contribution in [0.15, 0.2) is 23.8 Å². The first-order valence-corrected chi connectivity index (χ1v) is 8.35. The second-order valence-electron chi connectivity index (χ2n) is 5.27. The molecular formula is C15H17N5O3S. The largest absolute Gasteiger partial charge is 0.469 e. The second kappa shape index (κ2) is 7.45. The summed E-state index contributed by atoms with van der Waals surface area (Å²) in [7, 11) is 1.32. The predicted molar refractivity (Wildman–Crippen MR) is 87.0 cm³/mol. The molecule has 0 saturated carbocycles. The maximum absolute atomic E-state index is 12.1. The molecule has 1 aliphatic heterocycles. The lowest BCUT2D eigenvalue weighted by atomic mass is 10.1. The molecule has 0 spiro atoms. The molecule has 1 N–H and O–H groups in total. The van der Waals surface area contributed by atoms with Gasteiger partial charge in [-0.25, -0.2) is 15.0 Å². The Morgan fingerprint density at radius 1 is 1.46 bits per heavy atom. The van der Waals surface area contributed by atoms with Gasteiger partial charge >= 0.3 is 5.97 Å². The van der Waals surface area contributed by atoms with Crippen molar-refractivity contribution in [2.45, 2.75) is 19.0 Å². The van der Waals surface area contributed by atoms with Gasteiger partial charge in [-0.1, -0.05) is 0 Å². The van der Waals surface area contributed by atoms with Gasteiger partial charge in [0, 0.05) is 37.4 Å². The maximum Gasteiger partial charge on any atom is 0.307 e. The summed E-state index contributed by atoms with van der Waals surface area (Å²) < 4.78 is 4.69. The van der Waals surface area contributed by atoms with E-state index >= 15 is 0 Å². The van der Waals surface area contributed by atoms with Crippen LogP contribution < -0.4 is 5.32 Å². The zero-order chi connectivity index (χ0) is 16.9. The van der Waals surface area contributed by atoms with E-state index in [-0.39, 0.29) is 12.3 Å². The van der Waals surface area contributed by atoms with Crippen LogP contribution in [0.4, 0.5) is 0 Å². The Morgan fingerprint density at radius 2 is 2.25 bits per heavy atom. The summed E-state index contributed by atoms with van der Waals surface area (Å²) in [5.74, 6) is 0.0171. The standard InChI is InChI=1S/C15H17N5O3S/c1-23-12(21)7-11-14(22)18-5-6-20(11)8-10-9-24-15(19-10)13-16-3-2-4-17-13/h2-4,9,11H,5-8H2,1H3,(H,18,22). The summed E-state index contributed by atoms with van der Waals surface area (Å²) >= 11 is 1.46. The lowest BCUT2D eigenvalue weighted by molar-refractivity contribution is -0.146. The van der Waals surface area contributed by atoms with Crippen LogP contribution in [0, 0.1) is 0 Å². The van der Waals surface area contributed by atoms with E-state index in [0.29, 0.717) is 25.5 Å². The number of hydrogen-bond donors (Lipinski definition) is 1. The SMILES string of the molecule is COC(=O)CC1C(=O)NCCN1Cc1csc(-c2ncccn2)n1. The average molecular weight is 347 g/mol. The molecule has 126 valence electrons. The zero-order valence-corrected chi connectivity index (χ0v) is 14.0. The molecule has 9 heteroatoms. The normalized spacial score (nSPS) is 18.2. The number of piperazine rings is 1. The van der Waals surface area contributed by atoms with E-state index in [9.17, 15) is 9.59 Å². The van der Waals surface area contributed by atoms with Gasteiger partial charge in [-0.15, -0.1) is 11.3 Å². The first kappa shape index (κ1) is 16.5. The highest BCUT2D eigenvalue weighted by atomic mass is 32.1. The number of rotatable bonds is 5. The Kier molecular flexibility index (Phi) is 5.11. The molecule has 2 aromatic rings. The number of thiazole rings is 1. The lowest BCUT2D eigenvalue weighted by Crippen LogP contribution is -2.55. The highest BCUT2D eigenvalue weighted by molar-refractivity contribution is 7.13. The van der Waals surface area contributed by atoms with Crippen molar-refractivity contribution < 1.29 is 14.3 Å². The number of nitrogens with zero attached hydrogens (tertiary/aromatic N) is 4. The number of ether oxygens (including phenoxy) is 1. The van der Waals surface area contributed by atoms with Gasteiger partial charge in [0.2, 0.25) is 5.91 Å². The molecule has 1 atom stereocenters. The van der Waals surface area contributed by atoms with Crippen molar-refractivity contribution >= 4 is 23.2 Å². The molecule has 1 unspecified atom stereocenters. The monoisotopic (exact) mass is 347 g/mol. The summed E-state index contributed by atoms with van der Waals surface area (Å²) in [5.41, 5.74) is 0.826. The average Bonchev–Trinajstić information content (AvgIpc) is 3.07. The van der Waals surface area contributed by atoms with Crippen molar-refractivity contribution in [1.29, 1.82) is 0 Å². The fourth-order valence-corrected chi connectivity index (χ4v) is 3.27. The zero-order valence-electron chi connectivity index (χ0n) is 13.1. The summed E-state index contributed by atoms with van der Waals surface area (Å²) in [4.78, 5) is 38.5. The number of methoxy groups -OCH3 is 1. The van der Waals surface area contributed by atoms with Gasteiger partial charge in [0.25, 0.3) is 0 Å². The van der Waals surface area contributed by atoms with Gasteiger partial charge in [0.05, 0.1) is 19.2 Å². The number of esters is 1. The summed E-state index contributed by atoms with van der Waals surface area (Å²) in [5, 5.41) is 5.44. The van der Waals surface area contributed by atoms with E-state index in [1.54, 1.807) is 18.5 Å². The van der Waals surface area contributed by atoms with Crippen LogP contribution >= 0.6 is 11.3 Å². The van der Waals surface area contributed by atoms with Crippen LogP contribution in [0.5, 0.6) is 0 Å². The quantitative estimate of drug-likeness (QED) is 0.785. The Labute approximate surface area is 142 Å².